The molecule has 110 valence electrons. The molecule has 0 atom stereocenters. The van der Waals surface area contributed by atoms with E-state index in [0.717, 1.165) is 18.7 Å². The van der Waals surface area contributed by atoms with Gasteiger partial charge in [0, 0.05) is 24.2 Å². The summed E-state index contributed by atoms with van der Waals surface area (Å²) in [6.07, 6.45) is 1.72. The van der Waals surface area contributed by atoms with E-state index in [1.165, 1.54) is 0 Å². The molecule has 0 aromatic heterocycles. The predicted octanol–water partition coefficient (Wildman–Crippen LogP) is 2.48. The van der Waals surface area contributed by atoms with Gasteiger partial charge in [-0.2, -0.15) is 0 Å². The van der Waals surface area contributed by atoms with Crippen LogP contribution in [0.25, 0.3) is 0 Å². The zero-order valence-corrected chi connectivity index (χ0v) is 12.0. The minimum absolute atomic E-state index is 0.0153. The molecular formula is C15H22N2O3. The van der Waals surface area contributed by atoms with Crippen LogP contribution in [0.4, 0.5) is 5.69 Å². The van der Waals surface area contributed by atoms with Gasteiger partial charge in [0.05, 0.1) is 0 Å². The van der Waals surface area contributed by atoms with E-state index in [-0.39, 0.29) is 11.8 Å². The van der Waals surface area contributed by atoms with E-state index in [9.17, 15) is 9.59 Å². The molecule has 1 amide bonds. The van der Waals surface area contributed by atoms with Crippen molar-refractivity contribution >= 4 is 17.6 Å². The number of carbonyl (C=O) groups excluding carboxylic acids is 1. The first kappa shape index (κ1) is 16.0. The fourth-order valence-electron chi connectivity index (χ4n) is 1.87. The van der Waals surface area contributed by atoms with Gasteiger partial charge < -0.3 is 16.2 Å². The normalized spacial score (nSPS) is 11.1. The van der Waals surface area contributed by atoms with Gasteiger partial charge in [-0.25, -0.2) is 0 Å². The third-order valence-electron chi connectivity index (χ3n) is 3.32. The molecule has 0 aliphatic carbocycles. The van der Waals surface area contributed by atoms with Crippen LogP contribution in [0.2, 0.25) is 0 Å². The molecule has 0 saturated carbocycles. The van der Waals surface area contributed by atoms with Crippen LogP contribution in [-0.4, -0.2) is 23.5 Å². The molecule has 1 aromatic carbocycles. The largest absolute Gasteiger partial charge is 0.481 e. The van der Waals surface area contributed by atoms with Gasteiger partial charge in [0.1, 0.15) is 0 Å². The monoisotopic (exact) mass is 278 g/mol. The molecule has 20 heavy (non-hydrogen) atoms. The van der Waals surface area contributed by atoms with Crippen molar-refractivity contribution in [3.05, 3.63) is 29.8 Å². The van der Waals surface area contributed by atoms with Crippen molar-refractivity contribution < 1.29 is 14.7 Å². The molecule has 0 radical (unpaired) electrons. The second-order valence-corrected chi connectivity index (χ2v) is 5.68. The van der Waals surface area contributed by atoms with Crippen LogP contribution < -0.4 is 11.1 Å². The van der Waals surface area contributed by atoms with Gasteiger partial charge in [0.2, 0.25) is 5.91 Å². The Bertz CT molecular complexity index is 467. The van der Waals surface area contributed by atoms with Crippen LogP contribution in [-0.2, 0) is 4.79 Å². The van der Waals surface area contributed by atoms with E-state index in [4.69, 9.17) is 10.8 Å². The lowest BCUT2D eigenvalue weighted by atomic mass is 9.84. The Labute approximate surface area is 119 Å². The molecule has 1 aromatic rings. The van der Waals surface area contributed by atoms with Crippen molar-refractivity contribution in [1.29, 1.82) is 0 Å². The number of carboxylic acids is 1. The molecule has 5 heteroatoms. The van der Waals surface area contributed by atoms with Gasteiger partial charge in [0.25, 0.3) is 0 Å². The molecule has 0 unspecified atom stereocenters. The summed E-state index contributed by atoms with van der Waals surface area (Å²) in [6.45, 7) is 4.88. The fraction of sp³-hybridized carbons (Fsp3) is 0.467. The summed E-state index contributed by atoms with van der Waals surface area (Å²) >= 11 is 0. The number of amides is 1. The zero-order chi connectivity index (χ0) is 15.2. The average Bonchev–Trinajstić information content (AvgIpc) is 2.37. The number of carboxylic acid groups (broad SMARTS) is 1. The minimum Gasteiger partial charge on any atom is -0.481 e. The Hall–Kier alpha value is -2.04. The minimum atomic E-state index is -0.756. The molecule has 0 saturated heterocycles. The second-order valence-electron chi connectivity index (χ2n) is 5.68. The van der Waals surface area contributed by atoms with E-state index in [1.54, 1.807) is 12.1 Å². The van der Waals surface area contributed by atoms with Crippen molar-refractivity contribution in [3.8, 4) is 0 Å². The molecule has 0 spiro atoms. The Morgan fingerprint density at radius 1 is 1.20 bits per heavy atom. The standard InChI is InChI=1S/C15H22N2O3/c1-15(2,8-7-13(18)19)9-10-17-12-5-3-11(4-6-12)14(16)20/h3-6,17H,7-10H2,1-2H3,(H2,16,20)(H,18,19). The summed E-state index contributed by atoms with van der Waals surface area (Å²) in [4.78, 5) is 21.5. The van der Waals surface area contributed by atoms with E-state index >= 15 is 0 Å². The third kappa shape index (κ3) is 5.73. The molecule has 0 fully saturated rings. The lowest BCUT2D eigenvalue weighted by Crippen LogP contribution is -2.18. The second kappa shape index (κ2) is 6.93. The average molecular weight is 278 g/mol. The first-order valence-corrected chi connectivity index (χ1v) is 6.66. The topological polar surface area (TPSA) is 92.4 Å². The van der Waals surface area contributed by atoms with Crippen LogP contribution in [0.1, 0.15) is 43.5 Å². The first-order chi connectivity index (χ1) is 9.30. The maximum absolute atomic E-state index is 10.9. The van der Waals surface area contributed by atoms with Crippen molar-refractivity contribution in [2.75, 3.05) is 11.9 Å². The van der Waals surface area contributed by atoms with Crippen molar-refractivity contribution in [3.63, 3.8) is 0 Å². The van der Waals surface area contributed by atoms with Crippen LogP contribution in [0, 0.1) is 5.41 Å². The Morgan fingerprint density at radius 2 is 1.80 bits per heavy atom. The highest BCUT2D eigenvalue weighted by Crippen LogP contribution is 2.26. The molecule has 0 aliphatic heterocycles. The maximum Gasteiger partial charge on any atom is 0.303 e. The molecule has 5 nitrogen and oxygen atoms in total. The van der Waals surface area contributed by atoms with Gasteiger partial charge in [0.15, 0.2) is 0 Å². The summed E-state index contributed by atoms with van der Waals surface area (Å²) in [5.74, 6) is -1.19. The number of aliphatic carboxylic acids is 1. The number of anilines is 1. The third-order valence-corrected chi connectivity index (χ3v) is 3.32. The van der Waals surface area contributed by atoms with E-state index in [1.807, 2.05) is 12.1 Å². The number of carbonyl (C=O) groups is 2. The molecule has 1 rings (SSSR count). The maximum atomic E-state index is 10.9. The number of primary amides is 1. The van der Waals surface area contributed by atoms with E-state index in [0.29, 0.717) is 12.0 Å². The molecule has 0 aliphatic rings. The molecule has 0 heterocycles. The molecule has 0 bridgehead atoms. The highest BCUT2D eigenvalue weighted by Gasteiger charge is 2.18. The van der Waals surface area contributed by atoms with Gasteiger partial charge in [-0.05, 0) is 42.5 Å². The number of benzene rings is 1. The van der Waals surface area contributed by atoms with Crippen molar-refractivity contribution in [2.24, 2.45) is 11.1 Å². The Balaban J connectivity index is 2.39. The van der Waals surface area contributed by atoms with Crippen LogP contribution in [0.5, 0.6) is 0 Å². The zero-order valence-electron chi connectivity index (χ0n) is 12.0. The number of nitrogens with two attached hydrogens (primary N) is 1. The van der Waals surface area contributed by atoms with Crippen LogP contribution >= 0.6 is 0 Å². The SMILES string of the molecule is CC(C)(CCNc1ccc(C(N)=O)cc1)CCC(=O)O. The van der Waals surface area contributed by atoms with Crippen molar-refractivity contribution in [2.45, 2.75) is 33.1 Å². The lowest BCUT2D eigenvalue weighted by molar-refractivity contribution is -0.137. The highest BCUT2D eigenvalue weighted by molar-refractivity contribution is 5.93. The number of hydrogen-bond donors (Lipinski definition) is 3. The quantitative estimate of drug-likeness (QED) is 0.681. The Kier molecular flexibility index (Phi) is 5.55. The summed E-state index contributed by atoms with van der Waals surface area (Å²) in [5.41, 5.74) is 6.56. The predicted molar refractivity (Wildman–Crippen MR) is 78.7 cm³/mol. The summed E-state index contributed by atoms with van der Waals surface area (Å²) in [6, 6.07) is 6.98. The van der Waals surface area contributed by atoms with Crippen LogP contribution in [0.15, 0.2) is 24.3 Å². The smallest absolute Gasteiger partial charge is 0.303 e. The lowest BCUT2D eigenvalue weighted by Gasteiger charge is -2.24. The van der Waals surface area contributed by atoms with Gasteiger partial charge in [-0.15, -0.1) is 0 Å². The van der Waals surface area contributed by atoms with E-state index < -0.39 is 11.9 Å². The summed E-state index contributed by atoms with van der Waals surface area (Å²) in [7, 11) is 0. The number of rotatable bonds is 8. The van der Waals surface area contributed by atoms with Gasteiger partial charge in [-0.3, -0.25) is 9.59 Å². The Morgan fingerprint density at radius 3 is 2.30 bits per heavy atom. The highest BCUT2D eigenvalue weighted by atomic mass is 16.4. The first-order valence-electron chi connectivity index (χ1n) is 6.66. The van der Waals surface area contributed by atoms with Gasteiger partial charge in [-0.1, -0.05) is 13.8 Å². The summed E-state index contributed by atoms with van der Waals surface area (Å²) in [5, 5.41) is 12.0. The number of hydrogen-bond acceptors (Lipinski definition) is 3. The molecular weight excluding hydrogens is 256 g/mol. The molecule has 4 N–H and O–H groups in total. The van der Waals surface area contributed by atoms with Crippen molar-refractivity contribution in [1.82, 2.24) is 0 Å². The fourth-order valence-corrected chi connectivity index (χ4v) is 1.87. The van der Waals surface area contributed by atoms with Gasteiger partial charge >= 0.3 is 5.97 Å². The number of nitrogens with one attached hydrogen (secondary N) is 1. The van der Waals surface area contributed by atoms with Crippen LogP contribution in [0.3, 0.4) is 0 Å². The van der Waals surface area contributed by atoms with E-state index in [2.05, 4.69) is 19.2 Å². The summed E-state index contributed by atoms with van der Waals surface area (Å²) < 4.78 is 0.